The Labute approximate surface area is 107 Å². The third kappa shape index (κ3) is 3.90. The second-order valence-electron chi connectivity index (χ2n) is 4.23. The number of hydrogen-bond acceptors (Lipinski definition) is 6. The quantitative estimate of drug-likeness (QED) is 0.696. The predicted molar refractivity (Wildman–Crippen MR) is 68.6 cm³/mol. The van der Waals surface area contributed by atoms with Crippen LogP contribution in [0.15, 0.2) is 18.6 Å². The largest absolute Gasteiger partial charge is 0.394 e. The molecule has 0 atom stereocenters. The van der Waals surface area contributed by atoms with Crippen molar-refractivity contribution in [2.75, 3.05) is 57.4 Å². The van der Waals surface area contributed by atoms with Crippen molar-refractivity contribution in [3.63, 3.8) is 0 Å². The molecule has 2 rings (SSSR count). The van der Waals surface area contributed by atoms with Crippen LogP contribution in [0.4, 0.5) is 5.82 Å². The van der Waals surface area contributed by atoms with Crippen LogP contribution < -0.4 is 4.90 Å². The van der Waals surface area contributed by atoms with Crippen LogP contribution in [-0.4, -0.2) is 72.5 Å². The Bertz CT molecular complexity index is 328. The van der Waals surface area contributed by atoms with E-state index in [4.69, 9.17) is 9.84 Å². The average Bonchev–Trinajstić information content (AvgIpc) is 2.45. The molecule has 18 heavy (non-hydrogen) atoms. The standard InChI is InChI=1S/C12H20N4O2/c17-8-10-18-9-7-15-3-5-16(6-4-15)12-11-13-1-2-14-12/h1-2,11,17H,3-10H2. The number of rotatable bonds is 6. The van der Waals surface area contributed by atoms with Crippen LogP contribution in [0.3, 0.4) is 0 Å². The third-order valence-electron chi connectivity index (χ3n) is 3.03. The van der Waals surface area contributed by atoms with E-state index in [-0.39, 0.29) is 6.61 Å². The van der Waals surface area contributed by atoms with E-state index >= 15 is 0 Å². The SMILES string of the molecule is OCCOCCN1CCN(c2cnccn2)CC1. The fourth-order valence-electron chi connectivity index (χ4n) is 2.02. The Morgan fingerprint density at radius 2 is 2.00 bits per heavy atom. The lowest BCUT2D eigenvalue weighted by atomic mass is 10.3. The molecule has 1 aliphatic rings. The fraction of sp³-hybridized carbons (Fsp3) is 0.667. The number of anilines is 1. The summed E-state index contributed by atoms with van der Waals surface area (Å²) in [5, 5.41) is 8.61. The lowest BCUT2D eigenvalue weighted by molar-refractivity contribution is 0.0724. The van der Waals surface area contributed by atoms with Crippen LogP contribution in [0.5, 0.6) is 0 Å². The zero-order valence-electron chi connectivity index (χ0n) is 10.5. The van der Waals surface area contributed by atoms with Gasteiger partial charge in [0.25, 0.3) is 0 Å². The molecule has 6 nitrogen and oxygen atoms in total. The summed E-state index contributed by atoms with van der Waals surface area (Å²) in [4.78, 5) is 13.0. The van der Waals surface area contributed by atoms with Crippen LogP contribution in [0.25, 0.3) is 0 Å². The minimum Gasteiger partial charge on any atom is -0.394 e. The molecule has 1 aromatic rings. The van der Waals surface area contributed by atoms with Crippen molar-refractivity contribution >= 4 is 5.82 Å². The van der Waals surface area contributed by atoms with Gasteiger partial charge in [0, 0.05) is 45.1 Å². The number of ether oxygens (including phenoxy) is 1. The van der Waals surface area contributed by atoms with Gasteiger partial charge in [-0.05, 0) is 0 Å². The molecule has 0 amide bonds. The van der Waals surface area contributed by atoms with E-state index < -0.39 is 0 Å². The topological polar surface area (TPSA) is 61.7 Å². The molecule has 0 saturated carbocycles. The zero-order chi connectivity index (χ0) is 12.6. The maximum Gasteiger partial charge on any atom is 0.147 e. The van der Waals surface area contributed by atoms with E-state index in [1.807, 2.05) is 0 Å². The second kappa shape index (κ2) is 7.25. The summed E-state index contributed by atoms with van der Waals surface area (Å²) in [5.41, 5.74) is 0. The molecule has 1 aromatic heterocycles. The zero-order valence-corrected chi connectivity index (χ0v) is 10.5. The first-order valence-corrected chi connectivity index (χ1v) is 6.32. The minimum absolute atomic E-state index is 0.0977. The lowest BCUT2D eigenvalue weighted by Gasteiger charge is -2.35. The minimum atomic E-state index is 0.0977. The molecular formula is C12H20N4O2. The highest BCUT2D eigenvalue weighted by Gasteiger charge is 2.17. The Kier molecular flexibility index (Phi) is 5.32. The summed E-state index contributed by atoms with van der Waals surface area (Å²) in [6, 6.07) is 0. The van der Waals surface area contributed by atoms with Crippen molar-refractivity contribution < 1.29 is 9.84 Å². The third-order valence-corrected chi connectivity index (χ3v) is 3.03. The molecule has 0 radical (unpaired) electrons. The molecule has 0 bridgehead atoms. The first-order chi connectivity index (χ1) is 8.90. The molecule has 100 valence electrons. The molecule has 2 heterocycles. The number of aliphatic hydroxyl groups excluding tert-OH is 1. The summed E-state index contributed by atoms with van der Waals surface area (Å²) < 4.78 is 5.27. The van der Waals surface area contributed by atoms with Gasteiger partial charge in [0.05, 0.1) is 26.0 Å². The molecule has 0 aromatic carbocycles. The van der Waals surface area contributed by atoms with Crippen LogP contribution in [0, 0.1) is 0 Å². The summed E-state index contributed by atoms with van der Waals surface area (Å²) in [6.07, 6.45) is 5.22. The second-order valence-corrected chi connectivity index (χ2v) is 4.23. The molecule has 6 heteroatoms. The molecule has 0 spiro atoms. The van der Waals surface area contributed by atoms with E-state index in [0.717, 1.165) is 38.5 Å². The highest BCUT2D eigenvalue weighted by atomic mass is 16.5. The average molecular weight is 252 g/mol. The molecule has 1 N–H and O–H groups in total. The van der Waals surface area contributed by atoms with Gasteiger partial charge in [-0.25, -0.2) is 4.98 Å². The maximum atomic E-state index is 8.61. The Balaban J connectivity index is 1.68. The fourth-order valence-corrected chi connectivity index (χ4v) is 2.02. The van der Waals surface area contributed by atoms with Crippen molar-refractivity contribution in [1.29, 1.82) is 0 Å². The van der Waals surface area contributed by atoms with Gasteiger partial charge >= 0.3 is 0 Å². The molecule has 1 fully saturated rings. The highest BCUT2D eigenvalue weighted by Crippen LogP contribution is 2.10. The number of piperazine rings is 1. The van der Waals surface area contributed by atoms with E-state index in [9.17, 15) is 0 Å². The smallest absolute Gasteiger partial charge is 0.147 e. The van der Waals surface area contributed by atoms with Gasteiger partial charge in [-0.15, -0.1) is 0 Å². The van der Waals surface area contributed by atoms with E-state index in [1.165, 1.54) is 0 Å². The number of hydrogen-bond donors (Lipinski definition) is 1. The van der Waals surface area contributed by atoms with Gasteiger partial charge in [-0.1, -0.05) is 0 Å². The van der Waals surface area contributed by atoms with Crippen molar-refractivity contribution in [2.45, 2.75) is 0 Å². The number of aromatic nitrogens is 2. The Morgan fingerprint density at radius 3 is 2.67 bits per heavy atom. The first-order valence-electron chi connectivity index (χ1n) is 6.32. The first kappa shape index (κ1) is 13.2. The summed E-state index contributed by atoms with van der Waals surface area (Å²) in [7, 11) is 0. The van der Waals surface area contributed by atoms with E-state index in [2.05, 4.69) is 19.8 Å². The van der Waals surface area contributed by atoms with Gasteiger partial charge in [0.15, 0.2) is 0 Å². The van der Waals surface area contributed by atoms with Crippen LogP contribution in [0.2, 0.25) is 0 Å². The highest BCUT2D eigenvalue weighted by molar-refractivity contribution is 5.35. The van der Waals surface area contributed by atoms with Gasteiger partial charge in [-0.3, -0.25) is 9.88 Å². The summed E-state index contributed by atoms with van der Waals surface area (Å²) in [6.45, 7) is 6.11. The summed E-state index contributed by atoms with van der Waals surface area (Å²) >= 11 is 0. The monoisotopic (exact) mass is 252 g/mol. The van der Waals surface area contributed by atoms with Gasteiger partial charge < -0.3 is 14.7 Å². The van der Waals surface area contributed by atoms with Crippen molar-refractivity contribution in [3.8, 4) is 0 Å². The Morgan fingerprint density at radius 1 is 1.17 bits per heavy atom. The molecule has 1 aliphatic heterocycles. The maximum absolute atomic E-state index is 8.61. The normalized spacial score (nSPS) is 17.1. The van der Waals surface area contributed by atoms with Gasteiger partial charge in [0.2, 0.25) is 0 Å². The number of nitrogens with zero attached hydrogens (tertiary/aromatic N) is 4. The van der Waals surface area contributed by atoms with E-state index in [1.54, 1.807) is 18.6 Å². The lowest BCUT2D eigenvalue weighted by Crippen LogP contribution is -2.47. The molecule has 0 unspecified atom stereocenters. The van der Waals surface area contributed by atoms with E-state index in [0.29, 0.717) is 13.2 Å². The van der Waals surface area contributed by atoms with Gasteiger partial charge in [0.1, 0.15) is 5.82 Å². The molecule has 1 saturated heterocycles. The summed E-state index contributed by atoms with van der Waals surface area (Å²) in [5.74, 6) is 0.952. The van der Waals surface area contributed by atoms with Crippen molar-refractivity contribution in [1.82, 2.24) is 14.9 Å². The predicted octanol–water partition coefficient (Wildman–Crippen LogP) is -0.392. The van der Waals surface area contributed by atoms with Crippen molar-refractivity contribution in [3.05, 3.63) is 18.6 Å². The van der Waals surface area contributed by atoms with Crippen molar-refractivity contribution in [2.24, 2.45) is 0 Å². The van der Waals surface area contributed by atoms with Crippen LogP contribution >= 0.6 is 0 Å². The van der Waals surface area contributed by atoms with Crippen LogP contribution in [-0.2, 0) is 4.74 Å². The molecule has 0 aliphatic carbocycles. The van der Waals surface area contributed by atoms with Crippen LogP contribution in [0.1, 0.15) is 0 Å². The Hall–Kier alpha value is -1.24. The van der Waals surface area contributed by atoms with Gasteiger partial charge in [-0.2, -0.15) is 0 Å². The number of aliphatic hydroxyl groups is 1. The molecular weight excluding hydrogens is 232 g/mol.